The summed E-state index contributed by atoms with van der Waals surface area (Å²) in [5.74, 6) is 0.230. The number of piperidine rings is 1. The highest BCUT2D eigenvalue weighted by atomic mass is 16.2. The molecule has 3 aliphatic rings. The van der Waals surface area contributed by atoms with Crippen molar-refractivity contribution in [1.82, 2.24) is 14.7 Å². The summed E-state index contributed by atoms with van der Waals surface area (Å²) >= 11 is 0. The van der Waals surface area contributed by atoms with E-state index in [2.05, 4.69) is 11.0 Å². The molecule has 2 aliphatic heterocycles. The summed E-state index contributed by atoms with van der Waals surface area (Å²) in [6.45, 7) is 6.43. The van der Waals surface area contributed by atoms with E-state index < -0.39 is 5.41 Å². The van der Waals surface area contributed by atoms with Crippen LogP contribution in [0.25, 0.3) is 0 Å². The number of hydrogen-bond acceptors (Lipinski definition) is 4. The Labute approximate surface area is 144 Å². The summed E-state index contributed by atoms with van der Waals surface area (Å²) < 4.78 is 0. The van der Waals surface area contributed by atoms with Gasteiger partial charge in [0.2, 0.25) is 11.8 Å². The molecular formula is C18H28N4O2. The van der Waals surface area contributed by atoms with Crippen LogP contribution in [0.5, 0.6) is 0 Å². The fraction of sp³-hybridized carbons (Fsp3) is 0.833. The number of amides is 2. The Hall–Kier alpha value is -1.61. The van der Waals surface area contributed by atoms with Crippen molar-refractivity contribution in [2.24, 2.45) is 5.41 Å². The average Bonchev–Trinajstić information content (AvgIpc) is 2.61. The second-order valence-corrected chi connectivity index (χ2v) is 7.44. The molecule has 0 radical (unpaired) electrons. The maximum Gasteiger partial charge on any atom is 0.243 e. The Morgan fingerprint density at radius 2 is 1.54 bits per heavy atom. The van der Waals surface area contributed by atoms with Crippen molar-refractivity contribution in [2.45, 2.75) is 51.5 Å². The first-order chi connectivity index (χ1) is 11.6. The van der Waals surface area contributed by atoms with E-state index in [0.717, 1.165) is 32.4 Å². The minimum Gasteiger partial charge on any atom is -0.341 e. The lowest BCUT2D eigenvalue weighted by Gasteiger charge is -2.43. The summed E-state index contributed by atoms with van der Waals surface area (Å²) in [6.07, 6.45) is 5.81. The molecule has 0 aromatic carbocycles. The summed E-state index contributed by atoms with van der Waals surface area (Å²) in [7, 11) is 0. The van der Waals surface area contributed by atoms with Crippen LogP contribution in [0.2, 0.25) is 0 Å². The number of nitrogens with zero attached hydrogens (tertiary/aromatic N) is 4. The zero-order valence-electron chi connectivity index (χ0n) is 14.7. The summed E-state index contributed by atoms with van der Waals surface area (Å²) in [5.41, 5.74) is -0.753. The monoisotopic (exact) mass is 332 g/mol. The molecule has 0 bridgehead atoms. The number of likely N-dealkylation sites (tertiary alicyclic amines) is 1. The SMILES string of the molecule is CC(C(=O)N1CCCCC1)N1CCN(C(=O)C2(C#N)CCC2)CC1. The smallest absolute Gasteiger partial charge is 0.243 e. The first-order valence-electron chi connectivity index (χ1n) is 9.31. The topological polar surface area (TPSA) is 67.7 Å². The third kappa shape index (κ3) is 3.14. The molecule has 0 aromatic heterocycles. The number of nitriles is 1. The highest BCUT2D eigenvalue weighted by Crippen LogP contribution is 2.42. The molecule has 0 spiro atoms. The van der Waals surface area contributed by atoms with Gasteiger partial charge in [-0.3, -0.25) is 14.5 Å². The third-order valence-corrected chi connectivity index (χ3v) is 6.00. The van der Waals surface area contributed by atoms with Crippen molar-refractivity contribution in [3.8, 4) is 6.07 Å². The predicted molar refractivity (Wildman–Crippen MR) is 89.9 cm³/mol. The second-order valence-electron chi connectivity index (χ2n) is 7.44. The Balaban J connectivity index is 1.52. The van der Waals surface area contributed by atoms with Gasteiger partial charge in [0.05, 0.1) is 12.1 Å². The van der Waals surface area contributed by atoms with Crippen LogP contribution >= 0.6 is 0 Å². The third-order valence-electron chi connectivity index (χ3n) is 6.00. The van der Waals surface area contributed by atoms with E-state index in [1.54, 1.807) is 0 Å². The lowest BCUT2D eigenvalue weighted by Crippen LogP contribution is -2.58. The van der Waals surface area contributed by atoms with Gasteiger partial charge in [0.25, 0.3) is 0 Å². The van der Waals surface area contributed by atoms with Gasteiger partial charge in [0.1, 0.15) is 5.41 Å². The molecule has 2 saturated heterocycles. The zero-order valence-corrected chi connectivity index (χ0v) is 14.7. The Morgan fingerprint density at radius 3 is 2.04 bits per heavy atom. The van der Waals surface area contributed by atoms with Crippen LogP contribution in [0.3, 0.4) is 0 Å². The maximum absolute atomic E-state index is 12.6. The van der Waals surface area contributed by atoms with E-state index in [0.29, 0.717) is 39.0 Å². The Kier molecular flexibility index (Phi) is 5.09. The van der Waals surface area contributed by atoms with Gasteiger partial charge < -0.3 is 9.80 Å². The van der Waals surface area contributed by atoms with E-state index >= 15 is 0 Å². The van der Waals surface area contributed by atoms with Crippen LogP contribution in [-0.4, -0.2) is 71.8 Å². The first kappa shape index (κ1) is 17.2. The molecule has 2 amide bonds. The largest absolute Gasteiger partial charge is 0.341 e. The molecule has 0 N–H and O–H groups in total. The van der Waals surface area contributed by atoms with Crippen molar-refractivity contribution in [2.75, 3.05) is 39.3 Å². The number of rotatable bonds is 3. The minimum absolute atomic E-state index is 0.00547. The molecular weight excluding hydrogens is 304 g/mol. The van der Waals surface area contributed by atoms with Crippen molar-refractivity contribution in [1.29, 1.82) is 5.26 Å². The summed E-state index contributed by atoms with van der Waals surface area (Å²) in [4.78, 5) is 31.2. The number of carbonyl (C=O) groups excluding carboxylic acids is 2. The van der Waals surface area contributed by atoms with E-state index in [4.69, 9.17) is 0 Å². The van der Waals surface area contributed by atoms with Crippen molar-refractivity contribution in [3.05, 3.63) is 0 Å². The van der Waals surface area contributed by atoms with E-state index in [-0.39, 0.29) is 17.9 Å². The normalized spacial score (nSPS) is 25.5. The molecule has 132 valence electrons. The van der Waals surface area contributed by atoms with Gasteiger partial charge in [-0.05, 0) is 45.4 Å². The summed E-state index contributed by atoms with van der Waals surface area (Å²) in [6, 6.07) is 2.12. The van der Waals surface area contributed by atoms with E-state index in [1.165, 1.54) is 6.42 Å². The molecule has 1 aliphatic carbocycles. The second kappa shape index (κ2) is 7.10. The molecule has 3 fully saturated rings. The van der Waals surface area contributed by atoms with Crippen LogP contribution in [-0.2, 0) is 9.59 Å². The molecule has 1 unspecified atom stereocenters. The quantitative estimate of drug-likeness (QED) is 0.779. The molecule has 0 aromatic rings. The molecule has 24 heavy (non-hydrogen) atoms. The average molecular weight is 332 g/mol. The lowest BCUT2D eigenvalue weighted by molar-refractivity contribution is -0.146. The van der Waals surface area contributed by atoms with Crippen LogP contribution < -0.4 is 0 Å². The number of hydrogen-bond donors (Lipinski definition) is 0. The fourth-order valence-corrected chi connectivity index (χ4v) is 4.05. The predicted octanol–water partition coefficient (Wildman–Crippen LogP) is 1.23. The zero-order chi connectivity index (χ0) is 17.2. The van der Waals surface area contributed by atoms with Gasteiger partial charge in [-0.1, -0.05) is 0 Å². The van der Waals surface area contributed by atoms with Gasteiger partial charge in [0.15, 0.2) is 0 Å². The highest BCUT2D eigenvalue weighted by molar-refractivity contribution is 5.86. The van der Waals surface area contributed by atoms with Gasteiger partial charge in [-0.15, -0.1) is 0 Å². The summed E-state index contributed by atoms with van der Waals surface area (Å²) in [5, 5.41) is 9.34. The molecule has 6 heteroatoms. The van der Waals surface area contributed by atoms with Crippen molar-refractivity contribution in [3.63, 3.8) is 0 Å². The number of piperazine rings is 1. The van der Waals surface area contributed by atoms with Gasteiger partial charge in [-0.2, -0.15) is 5.26 Å². The maximum atomic E-state index is 12.6. The molecule has 6 nitrogen and oxygen atoms in total. The fourth-order valence-electron chi connectivity index (χ4n) is 4.05. The van der Waals surface area contributed by atoms with Crippen LogP contribution in [0.15, 0.2) is 0 Å². The van der Waals surface area contributed by atoms with Gasteiger partial charge in [0, 0.05) is 39.3 Å². The molecule has 3 rings (SSSR count). The highest BCUT2D eigenvalue weighted by Gasteiger charge is 2.47. The Bertz CT molecular complexity index is 524. The van der Waals surface area contributed by atoms with Crippen LogP contribution in [0, 0.1) is 16.7 Å². The Morgan fingerprint density at radius 1 is 0.917 bits per heavy atom. The van der Waals surface area contributed by atoms with E-state index in [1.807, 2.05) is 16.7 Å². The molecule has 1 atom stereocenters. The first-order valence-corrected chi connectivity index (χ1v) is 9.31. The van der Waals surface area contributed by atoms with Gasteiger partial charge >= 0.3 is 0 Å². The standard InChI is InChI=1S/C18H28N4O2/c1-15(16(23)21-8-3-2-4-9-21)20-10-12-22(13-11-20)17(24)18(14-19)6-5-7-18/h15H,2-13H2,1H3. The van der Waals surface area contributed by atoms with Gasteiger partial charge in [-0.25, -0.2) is 0 Å². The molecule has 2 heterocycles. The van der Waals surface area contributed by atoms with Crippen LogP contribution in [0.4, 0.5) is 0 Å². The number of carbonyl (C=O) groups is 2. The van der Waals surface area contributed by atoms with Crippen molar-refractivity contribution >= 4 is 11.8 Å². The van der Waals surface area contributed by atoms with Crippen LogP contribution in [0.1, 0.15) is 45.4 Å². The lowest BCUT2D eigenvalue weighted by atomic mass is 9.69. The van der Waals surface area contributed by atoms with E-state index in [9.17, 15) is 14.9 Å². The molecule has 1 saturated carbocycles. The van der Waals surface area contributed by atoms with Crippen molar-refractivity contribution < 1.29 is 9.59 Å². The minimum atomic E-state index is -0.753.